The molecule has 0 atom stereocenters. The van der Waals surface area contributed by atoms with Crippen LogP contribution in [0.15, 0.2) is 133 Å². The van der Waals surface area contributed by atoms with Gasteiger partial charge in [-0.25, -0.2) is 0 Å². The SMILES string of the molecule is C1=CN(c2ccccc2B(c2ccccc2)c2ccccc2)CN=C1c1ccccc1. The van der Waals surface area contributed by atoms with Crippen molar-refractivity contribution in [3.63, 3.8) is 0 Å². The van der Waals surface area contributed by atoms with E-state index in [-0.39, 0.29) is 6.71 Å². The monoisotopic (exact) mass is 398 g/mol. The molecule has 4 aromatic carbocycles. The summed E-state index contributed by atoms with van der Waals surface area (Å²) >= 11 is 0. The van der Waals surface area contributed by atoms with Gasteiger partial charge in [0.1, 0.15) is 6.67 Å². The predicted octanol–water partition coefficient (Wildman–Crippen LogP) is 3.98. The Labute approximate surface area is 184 Å². The fourth-order valence-electron chi connectivity index (χ4n) is 4.20. The second-order valence-corrected chi connectivity index (χ2v) is 7.65. The lowest BCUT2D eigenvalue weighted by Gasteiger charge is -2.27. The Morgan fingerprint density at radius 1 is 0.613 bits per heavy atom. The molecule has 1 heterocycles. The summed E-state index contributed by atoms with van der Waals surface area (Å²) in [7, 11) is 0. The van der Waals surface area contributed by atoms with Crippen LogP contribution in [0.25, 0.3) is 0 Å². The third kappa shape index (κ3) is 4.08. The number of nitrogens with zero attached hydrogens (tertiary/aromatic N) is 2. The van der Waals surface area contributed by atoms with E-state index in [2.05, 4.69) is 126 Å². The third-order valence-corrected chi connectivity index (χ3v) is 5.70. The summed E-state index contributed by atoms with van der Waals surface area (Å²) in [6.07, 6.45) is 4.26. The van der Waals surface area contributed by atoms with Crippen LogP contribution in [0.1, 0.15) is 5.56 Å². The Morgan fingerprint density at radius 3 is 1.74 bits per heavy atom. The summed E-state index contributed by atoms with van der Waals surface area (Å²) in [5.74, 6) is 0. The highest BCUT2D eigenvalue weighted by Crippen LogP contribution is 2.17. The Morgan fingerprint density at radius 2 is 1.16 bits per heavy atom. The van der Waals surface area contributed by atoms with Gasteiger partial charge in [-0.05, 0) is 23.2 Å². The summed E-state index contributed by atoms with van der Waals surface area (Å²) in [5, 5.41) is 0. The van der Waals surface area contributed by atoms with E-state index in [1.54, 1.807) is 0 Å². The van der Waals surface area contributed by atoms with E-state index in [0.717, 1.165) is 11.3 Å². The molecule has 0 aliphatic carbocycles. The van der Waals surface area contributed by atoms with Crippen LogP contribution in [-0.4, -0.2) is 19.1 Å². The second kappa shape index (κ2) is 8.89. The molecule has 31 heavy (non-hydrogen) atoms. The van der Waals surface area contributed by atoms with Crippen molar-refractivity contribution < 1.29 is 0 Å². The van der Waals surface area contributed by atoms with Crippen LogP contribution in [-0.2, 0) is 0 Å². The van der Waals surface area contributed by atoms with Crippen LogP contribution in [0.3, 0.4) is 0 Å². The number of aliphatic imine (C=N–C) groups is 1. The molecule has 0 fully saturated rings. The lowest BCUT2D eigenvalue weighted by molar-refractivity contribution is 0.967. The Hall–Kier alpha value is -3.85. The van der Waals surface area contributed by atoms with Crippen molar-refractivity contribution in [2.45, 2.75) is 0 Å². The molecule has 1 aliphatic rings. The van der Waals surface area contributed by atoms with Gasteiger partial charge in [0.25, 0.3) is 0 Å². The molecule has 5 rings (SSSR count). The lowest BCUT2D eigenvalue weighted by Crippen LogP contribution is -2.53. The molecule has 148 valence electrons. The van der Waals surface area contributed by atoms with E-state index in [9.17, 15) is 0 Å². The topological polar surface area (TPSA) is 15.6 Å². The number of rotatable bonds is 5. The molecule has 0 saturated heterocycles. The van der Waals surface area contributed by atoms with E-state index in [0.29, 0.717) is 6.67 Å². The van der Waals surface area contributed by atoms with Gasteiger partial charge in [-0.15, -0.1) is 0 Å². The van der Waals surface area contributed by atoms with Crippen LogP contribution in [0.5, 0.6) is 0 Å². The molecule has 0 amide bonds. The zero-order valence-corrected chi connectivity index (χ0v) is 17.3. The van der Waals surface area contributed by atoms with Crippen molar-refractivity contribution in [1.29, 1.82) is 0 Å². The fraction of sp³-hybridized carbons (Fsp3) is 0.0357. The van der Waals surface area contributed by atoms with Gasteiger partial charge in [0.2, 0.25) is 6.71 Å². The molecule has 0 N–H and O–H groups in total. The highest BCUT2D eigenvalue weighted by atomic mass is 15.2. The molecule has 0 aromatic heterocycles. The zero-order chi connectivity index (χ0) is 20.9. The lowest BCUT2D eigenvalue weighted by atomic mass is 9.36. The van der Waals surface area contributed by atoms with Gasteiger partial charge < -0.3 is 4.90 Å². The summed E-state index contributed by atoms with van der Waals surface area (Å²) in [5.41, 5.74) is 7.22. The van der Waals surface area contributed by atoms with Crippen molar-refractivity contribution in [1.82, 2.24) is 0 Å². The first kappa shape index (κ1) is 19.1. The maximum Gasteiger partial charge on any atom is 0.243 e. The van der Waals surface area contributed by atoms with Crippen molar-refractivity contribution in [3.05, 3.63) is 133 Å². The maximum absolute atomic E-state index is 4.86. The number of para-hydroxylation sites is 1. The Bertz CT molecular complexity index is 1160. The number of benzene rings is 4. The van der Waals surface area contributed by atoms with Gasteiger partial charge in [0.15, 0.2) is 0 Å². The summed E-state index contributed by atoms with van der Waals surface area (Å²) in [4.78, 5) is 7.10. The first-order valence-electron chi connectivity index (χ1n) is 10.6. The average Bonchev–Trinajstić information content (AvgIpc) is 2.87. The van der Waals surface area contributed by atoms with Gasteiger partial charge in [0.05, 0.1) is 5.71 Å². The van der Waals surface area contributed by atoms with E-state index in [1.807, 2.05) is 6.07 Å². The van der Waals surface area contributed by atoms with Crippen molar-refractivity contribution >= 4 is 34.5 Å². The average molecular weight is 398 g/mol. The van der Waals surface area contributed by atoms with Crippen LogP contribution in [0.4, 0.5) is 5.69 Å². The standard InChI is InChI=1S/C28H23BN2/c1-4-12-23(13-5-1)27-20-21-31(22-30-27)28-19-11-10-18-26(28)29(24-14-6-2-7-15-24)25-16-8-3-9-17-25/h1-21H,22H2. The molecule has 4 aromatic rings. The molecule has 0 unspecified atom stereocenters. The van der Waals surface area contributed by atoms with E-state index in [1.165, 1.54) is 22.1 Å². The van der Waals surface area contributed by atoms with Crippen LogP contribution < -0.4 is 21.3 Å². The van der Waals surface area contributed by atoms with Gasteiger partial charge in [0, 0.05) is 11.9 Å². The summed E-state index contributed by atoms with van der Waals surface area (Å²) in [6, 6.07) is 40.5. The number of hydrogen-bond acceptors (Lipinski definition) is 2. The predicted molar refractivity (Wildman–Crippen MR) is 133 cm³/mol. The minimum atomic E-state index is 0.159. The zero-order valence-electron chi connectivity index (χ0n) is 17.3. The molecule has 1 aliphatic heterocycles. The van der Waals surface area contributed by atoms with Crippen LogP contribution in [0, 0.1) is 0 Å². The van der Waals surface area contributed by atoms with Gasteiger partial charge in [-0.1, -0.05) is 120 Å². The van der Waals surface area contributed by atoms with Crippen LogP contribution in [0.2, 0.25) is 0 Å². The summed E-state index contributed by atoms with van der Waals surface area (Å²) < 4.78 is 0. The number of allylic oxidation sites excluding steroid dienone is 1. The Balaban J connectivity index is 1.53. The first-order chi connectivity index (χ1) is 15.4. The smallest absolute Gasteiger partial charge is 0.243 e. The molecule has 3 heteroatoms. The quantitative estimate of drug-likeness (QED) is 0.465. The highest BCUT2D eigenvalue weighted by molar-refractivity contribution is 6.96. The molecule has 0 bridgehead atoms. The van der Waals surface area contributed by atoms with Crippen LogP contribution >= 0.6 is 0 Å². The fourth-order valence-corrected chi connectivity index (χ4v) is 4.20. The minimum Gasteiger partial charge on any atom is -0.328 e. The van der Waals surface area contributed by atoms with E-state index < -0.39 is 0 Å². The van der Waals surface area contributed by atoms with Gasteiger partial charge >= 0.3 is 0 Å². The normalized spacial score (nSPS) is 13.0. The van der Waals surface area contributed by atoms with Crippen molar-refractivity contribution in [2.75, 3.05) is 11.6 Å². The molecule has 2 nitrogen and oxygen atoms in total. The maximum atomic E-state index is 4.86. The summed E-state index contributed by atoms with van der Waals surface area (Å²) in [6.45, 7) is 0.764. The molecule has 0 saturated carbocycles. The van der Waals surface area contributed by atoms with Gasteiger partial charge in [-0.2, -0.15) is 0 Å². The van der Waals surface area contributed by atoms with Crippen molar-refractivity contribution in [3.8, 4) is 0 Å². The molecule has 0 spiro atoms. The highest BCUT2D eigenvalue weighted by Gasteiger charge is 2.25. The number of anilines is 1. The van der Waals surface area contributed by atoms with E-state index in [4.69, 9.17) is 4.99 Å². The first-order valence-corrected chi connectivity index (χ1v) is 10.6. The van der Waals surface area contributed by atoms with Crippen molar-refractivity contribution in [2.24, 2.45) is 4.99 Å². The molecular formula is C28H23BN2. The molecule has 0 radical (unpaired) electrons. The minimum absolute atomic E-state index is 0.159. The second-order valence-electron chi connectivity index (χ2n) is 7.65. The molecular weight excluding hydrogens is 375 g/mol. The number of hydrogen-bond donors (Lipinski definition) is 0. The third-order valence-electron chi connectivity index (χ3n) is 5.70. The van der Waals surface area contributed by atoms with E-state index >= 15 is 0 Å². The van der Waals surface area contributed by atoms with Gasteiger partial charge in [-0.3, -0.25) is 4.99 Å². The Kier molecular flexibility index (Phi) is 5.49. The largest absolute Gasteiger partial charge is 0.328 e.